The Bertz CT molecular complexity index is 628. The van der Waals surface area contributed by atoms with Crippen molar-refractivity contribution in [2.45, 2.75) is 51.4 Å². The van der Waals surface area contributed by atoms with Crippen molar-refractivity contribution in [3.05, 3.63) is 30.3 Å². The van der Waals surface area contributed by atoms with Gasteiger partial charge in [0.15, 0.2) is 0 Å². The average molecular weight is 308 g/mol. The molecule has 0 spiro atoms. The summed E-state index contributed by atoms with van der Waals surface area (Å²) in [6, 6.07) is 9.93. The molecule has 5 aliphatic rings. The van der Waals surface area contributed by atoms with E-state index in [4.69, 9.17) is 5.10 Å². The van der Waals surface area contributed by atoms with E-state index in [1.807, 2.05) is 30.3 Å². The summed E-state index contributed by atoms with van der Waals surface area (Å²) in [6.45, 7) is 0. The van der Waals surface area contributed by atoms with Crippen LogP contribution in [-0.4, -0.2) is 11.6 Å². The quantitative estimate of drug-likeness (QED) is 0.797. The summed E-state index contributed by atoms with van der Waals surface area (Å²) in [6.07, 6.45) is 9.84. The summed E-state index contributed by atoms with van der Waals surface area (Å²) in [7, 11) is 0. The highest BCUT2D eigenvalue weighted by Crippen LogP contribution is 2.61. The maximum atomic E-state index is 12.4. The summed E-state index contributed by atoms with van der Waals surface area (Å²) in [5.41, 5.74) is 2.57. The van der Waals surface area contributed by atoms with Crippen LogP contribution in [0, 0.1) is 23.2 Å². The molecule has 4 fully saturated rings. The molecule has 0 radical (unpaired) electrons. The fraction of sp³-hybridized carbons (Fsp3) is 0.600. The average Bonchev–Trinajstić information content (AvgIpc) is 2.55. The van der Waals surface area contributed by atoms with Crippen LogP contribution in [0.2, 0.25) is 0 Å². The van der Waals surface area contributed by atoms with E-state index in [-0.39, 0.29) is 5.91 Å². The number of hydrogen-bond acceptors (Lipinski definition) is 2. The SMILES string of the molecule is O=C1CCC(C23CC4CC(CC(C4)C2)C3)=NN1c1ccccc1. The van der Waals surface area contributed by atoms with E-state index in [1.54, 1.807) is 5.01 Å². The van der Waals surface area contributed by atoms with E-state index in [2.05, 4.69) is 0 Å². The highest BCUT2D eigenvalue weighted by Gasteiger charge is 2.53. The smallest absolute Gasteiger partial charge is 0.247 e. The topological polar surface area (TPSA) is 32.7 Å². The molecular weight excluding hydrogens is 284 g/mol. The monoisotopic (exact) mass is 308 g/mol. The Labute approximate surface area is 137 Å². The molecule has 0 saturated heterocycles. The summed E-state index contributed by atoms with van der Waals surface area (Å²) in [5, 5.41) is 6.60. The first-order valence-electron chi connectivity index (χ1n) is 9.18. The predicted octanol–water partition coefficient (Wildman–Crippen LogP) is 4.39. The van der Waals surface area contributed by atoms with Crippen LogP contribution in [0.5, 0.6) is 0 Å². The predicted molar refractivity (Wildman–Crippen MR) is 91.2 cm³/mol. The van der Waals surface area contributed by atoms with Crippen LogP contribution in [0.25, 0.3) is 0 Å². The minimum absolute atomic E-state index is 0.143. The number of hydrazone groups is 1. The van der Waals surface area contributed by atoms with E-state index in [9.17, 15) is 4.79 Å². The molecule has 0 atom stereocenters. The summed E-state index contributed by atoms with van der Waals surface area (Å²) >= 11 is 0. The fourth-order valence-electron chi connectivity index (χ4n) is 6.16. The van der Waals surface area contributed by atoms with Crippen molar-refractivity contribution in [3.63, 3.8) is 0 Å². The third-order valence-electron chi connectivity index (χ3n) is 6.68. The molecule has 1 heterocycles. The Hall–Kier alpha value is -1.64. The van der Waals surface area contributed by atoms with Crippen LogP contribution < -0.4 is 5.01 Å². The molecule has 3 nitrogen and oxygen atoms in total. The molecule has 23 heavy (non-hydrogen) atoms. The van der Waals surface area contributed by atoms with Crippen LogP contribution in [0.1, 0.15) is 51.4 Å². The normalized spacial score (nSPS) is 38.8. The molecule has 1 aromatic carbocycles. The largest absolute Gasteiger partial charge is 0.273 e. The minimum Gasteiger partial charge on any atom is -0.273 e. The highest BCUT2D eigenvalue weighted by atomic mass is 16.2. The van der Waals surface area contributed by atoms with Gasteiger partial charge in [-0.3, -0.25) is 4.79 Å². The molecule has 3 heteroatoms. The zero-order chi connectivity index (χ0) is 15.4. The van der Waals surface area contributed by atoms with E-state index >= 15 is 0 Å². The van der Waals surface area contributed by atoms with Crippen LogP contribution in [0.15, 0.2) is 35.4 Å². The number of anilines is 1. The first kappa shape index (κ1) is 13.8. The zero-order valence-corrected chi connectivity index (χ0v) is 13.6. The lowest BCUT2D eigenvalue weighted by molar-refractivity contribution is -0.118. The van der Waals surface area contributed by atoms with Gasteiger partial charge in [-0.1, -0.05) is 18.2 Å². The Balaban J connectivity index is 1.51. The number of hydrogen-bond donors (Lipinski definition) is 0. The second kappa shape index (κ2) is 4.93. The molecule has 4 bridgehead atoms. The van der Waals surface area contributed by atoms with E-state index in [0.717, 1.165) is 29.9 Å². The summed E-state index contributed by atoms with van der Waals surface area (Å²) in [5.74, 6) is 2.91. The maximum Gasteiger partial charge on any atom is 0.247 e. The first-order valence-corrected chi connectivity index (χ1v) is 9.18. The van der Waals surface area contributed by atoms with Gasteiger partial charge in [-0.25, -0.2) is 5.01 Å². The summed E-state index contributed by atoms with van der Waals surface area (Å²) in [4.78, 5) is 12.4. The fourth-order valence-corrected chi connectivity index (χ4v) is 6.16. The molecule has 120 valence electrons. The minimum atomic E-state index is 0.143. The van der Waals surface area contributed by atoms with Crippen molar-refractivity contribution in [3.8, 4) is 0 Å². The van der Waals surface area contributed by atoms with E-state index < -0.39 is 0 Å². The number of para-hydroxylation sites is 1. The maximum absolute atomic E-state index is 12.4. The van der Waals surface area contributed by atoms with Crippen LogP contribution in [0.3, 0.4) is 0 Å². The molecule has 4 saturated carbocycles. The molecule has 1 aromatic rings. The first-order chi connectivity index (χ1) is 11.2. The molecule has 0 N–H and O–H groups in total. The number of amides is 1. The van der Waals surface area contributed by atoms with Gasteiger partial charge in [0.1, 0.15) is 0 Å². The van der Waals surface area contributed by atoms with Crippen molar-refractivity contribution < 1.29 is 4.79 Å². The van der Waals surface area contributed by atoms with E-state index in [1.165, 1.54) is 44.2 Å². The summed E-state index contributed by atoms with van der Waals surface area (Å²) < 4.78 is 0. The van der Waals surface area contributed by atoms with Gasteiger partial charge in [0.2, 0.25) is 5.91 Å². The number of benzene rings is 1. The Kier molecular flexibility index (Phi) is 2.95. The lowest BCUT2D eigenvalue weighted by Crippen LogP contribution is -2.51. The van der Waals surface area contributed by atoms with Gasteiger partial charge >= 0.3 is 0 Å². The van der Waals surface area contributed by atoms with Crippen LogP contribution in [-0.2, 0) is 4.79 Å². The van der Waals surface area contributed by atoms with Crippen LogP contribution >= 0.6 is 0 Å². The van der Waals surface area contributed by atoms with Crippen molar-refractivity contribution >= 4 is 17.3 Å². The molecule has 4 aliphatic carbocycles. The molecule has 0 unspecified atom stereocenters. The molecule has 6 rings (SSSR count). The van der Waals surface area contributed by atoms with Gasteiger partial charge in [-0.15, -0.1) is 0 Å². The van der Waals surface area contributed by atoms with Gasteiger partial charge in [0.25, 0.3) is 0 Å². The standard InChI is InChI=1S/C20H24N2O/c23-19-7-6-18(21-22(19)17-4-2-1-3-5-17)20-11-14-8-15(12-20)10-16(9-14)13-20/h1-5,14-16H,6-13H2. The lowest BCUT2D eigenvalue weighted by atomic mass is 9.48. The van der Waals surface area contributed by atoms with Crippen molar-refractivity contribution in [2.75, 3.05) is 5.01 Å². The number of nitrogens with zero attached hydrogens (tertiary/aromatic N) is 2. The second-order valence-electron chi connectivity index (χ2n) is 8.29. The Morgan fingerprint density at radius 3 is 2.13 bits per heavy atom. The van der Waals surface area contributed by atoms with Crippen molar-refractivity contribution in [2.24, 2.45) is 28.3 Å². The zero-order valence-electron chi connectivity index (χ0n) is 13.6. The Morgan fingerprint density at radius 1 is 0.913 bits per heavy atom. The third kappa shape index (κ3) is 2.16. The van der Waals surface area contributed by atoms with Crippen LogP contribution in [0.4, 0.5) is 5.69 Å². The lowest BCUT2D eigenvalue weighted by Gasteiger charge is -2.57. The molecule has 1 amide bonds. The number of carbonyl (C=O) groups excluding carboxylic acids is 1. The van der Waals surface area contributed by atoms with Gasteiger partial charge in [-0.2, -0.15) is 5.10 Å². The third-order valence-corrected chi connectivity index (χ3v) is 6.68. The van der Waals surface area contributed by atoms with Crippen molar-refractivity contribution in [1.82, 2.24) is 0 Å². The van der Waals surface area contributed by atoms with Gasteiger partial charge in [0.05, 0.1) is 5.69 Å². The molecule has 0 aromatic heterocycles. The van der Waals surface area contributed by atoms with Gasteiger partial charge in [0, 0.05) is 17.5 Å². The molecular formula is C20H24N2O. The molecule has 1 aliphatic heterocycles. The van der Waals surface area contributed by atoms with Crippen molar-refractivity contribution in [1.29, 1.82) is 0 Å². The highest BCUT2D eigenvalue weighted by molar-refractivity contribution is 6.03. The second-order valence-corrected chi connectivity index (χ2v) is 8.29. The van der Waals surface area contributed by atoms with Gasteiger partial charge in [-0.05, 0) is 74.8 Å². The number of rotatable bonds is 2. The Morgan fingerprint density at radius 2 is 1.52 bits per heavy atom. The van der Waals surface area contributed by atoms with E-state index in [0.29, 0.717) is 11.8 Å². The number of carbonyl (C=O) groups is 1. The van der Waals surface area contributed by atoms with Gasteiger partial charge < -0.3 is 0 Å².